The highest BCUT2D eigenvalue weighted by atomic mass is 16.5. The molecular weight excluding hydrogens is 240 g/mol. The molecule has 3 aromatic rings. The van der Waals surface area contributed by atoms with Gasteiger partial charge < -0.3 is 14.4 Å². The smallest absolute Gasteiger partial charge is 0.139 e. The molecule has 0 spiro atoms. The number of hydrogen-bond donors (Lipinski definition) is 1. The third kappa shape index (κ3) is 2.12. The van der Waals surface area contributed by atoms with E-state index in [0.717, 1.165) is 22.3 Å². The molecule has 0 aliphatic carbocycles. The highest BCUT2D eigenvalue weighted by molar-refractivity contribution is 5.86. The first kappa shape index (κ1) is 11.6. The molecule has 0 atom stereocenters. The van der Waals surface area contributed by atoms with E-state index in [4.69, 9.17) is 4.74 Å². The average Bonchev–Trinajstić information content (AvgIpc) is 2.76. The van der Waals surface area contributed by atoms with Crippen LogP contribution in [0.5, 0.6) is 11.5 Å². The first-order chi connectivity index (χ1) is 9.25. The van der Waals surface area contributed by atoms with Crippen molar-refractivity contribution in [2.24, 2.45) is 7.05 Å². The van der Waals surface area contributed by atoms with Crippen molar-refractivity contribution in [1.82, 2.24) is 9.55 Å². The SMILES string of the molecule is Cn1c(COc2cccnc2)cc2cccc(O)c21. The van der Waals surface area contributed by atoms with E-state index in [2.05, 4.69) is 4.98 Å². The topological polar surface area (TPSA) is 47.3 Å². The predicted octanol–water partition coefficient (Wildman–Crippen LogP) is 2.86. The molecule has 0 fully saturated rings. The monoisotopic (exact) mass is 254 g/mol. The van der Waals surface area contributed by atoms with Crippen LogP contribution < -0.4 is 4.74 Å². The zero-order chi connectivity index (χ0) is 13.2. The number of hydrogen-bond acceptors (Lipinski definition) is 3. The molecule has 1 N–H and O–H groups in total. The van der Waals surface area contributed by atoms with E-state index in [0.29, 0.717) is 6.61 Å². The Bertz CT molecular complexity index is 705. The summed E-state index contributed by atoms with van der Waals surface area (Å²) in [6.07, 6.45) is 3.39. The lowest BCUT2D eigenvalue weighted by atomic mass is 10.2. The number of rotatable bonds is 3. The van der Waals surface area contributed by atoms with Crippen molar-refractivity contribution in [1.29, 1.82) is 0 Å². The number of para-hydroxylation sites is 1. The van der Waals surface area contributed by atoms with Crippen LogP contribution in [-0.4, -0.2) is 14.7 Å². The highest BCUT2D eigenvalue weighted by Gasteiger charge is 2.09. The average molecular weight is 254 g/mol. The number of phenolic OH excluding ortho intramolecular Hbond substituents is 1. The van der Waals surface area contributed by atoms with Gasteiger partial charge >= 0.3 is 0 Å². The molecule has 0 saturated heterocycles. The van der Waals surface area contributed by atoms with Gasteiger partial charge in [-0.05, 0) is 24.3 Å². The summed E-state index contributed by atoms with van der Waals surface area (Å²) in [6, 6.07) is 11.2. The number of phenols is 1. The summed E-state index contributed by atoms with van der Waals surface area (Å²) in [6.45, 7) is 0.441. The molecule has 0 bridgehead atoms. The number of aromatic nitrogens is 2. The maximum atomic E-state index is 9.88. The summed E-state index contributed by atoms with van der Waals surface area (Å²) in [4.78, 5) is 4.00. The zero-order valence-electron chi connectivity index (χ0n) is 10.6. The lowest BCUT2D eigenvalue weighted by Crippen LogP contribution is -2.01. The second kappa shape index (κ2) is 4.65. The van der Waals surface area contributed by atoms with Crippen molar-refractivity contribution in [2.75, 3.05) is 0 Å². The fourth-order valence-corrected chi connectivity index (χ4v) is 2.18. The van der Waals surface area contributed by atoms with Crippen LogP contribution in [0.15, 0.2) is 48.8 Å². The number of nitrogens with zero attached hydrogens (tertiary/aromatic N) is 2. The van der Waals surface area contributed by atoms with Gasteiger partial charge in [0.15, 0.2) is 0 Å². The molecule has 0 saturated carbocycles. The van der Waals surface area contributed by atoms with Crippen molar-refractivity contribution in [2.45, 2.75) is 6.61 Å². The Balaban J connectivity index is 1.90. The minimum absolute atomic E-state index is 0.285. The Hall–Kier alpha value is -2.49. The fraction of sp³-hybridized carbons (Fsp3) is 0.133. The second-order valence-electron chi connectivity index (χ2n) is 4.39. The van der Waals surface area contributed by atoms with Crippen LogP contribution in [0.4, 0.5) is 0 Å². The minimum Gasteiger partial charge on any atom is -0.506 e. The van der Waals surface area contributed by atoms with Gasteiger partial charge in [-0.1, -0.05) is 12.1 Å². The molecule has 2 aromatic heterocycles. The molecule has 4 nitrogen and oxygen atoms in total. The van der Waals surface area contributed by atoms with Crippen LogP contribution in [0.1, 0.15) is 5.69 Å². The van der Waals surface area contributed by atoms with E-state index < -0.39 is 0 Å². The van der Waals surface area contributed by atoms with Gasteiger partial charge in [-0.2, -0.15) is 0 Å². The Morgan fingerprint density at radius 3 is 2.89 bits per heavy atom. The van der Waals surface area contributed by atoms with Crippen LogP contribution in [0.25, 0.3) is 10.9 Å². The quantitative estimate of drug-likeness (QED) is 0.781. The summed E-state index contributed by atoms with van der Waals surface area (Å²) in [5, 5.41) is 10.9. The van der Waals surface area contributed by atoms with Crippen molar-refractivity contribution in [3.05, 3.63) is 54.5 Å². The Morgan fingerprint density at radius 1 is 1.26 bits per heavy atom. The van der Waals surface area contributed by atoms with Crippen LogP contribution in [0.3, 0.4) is 0 Å². The van der Waals surface area contributed by atoms with Crippen molar-refractivity contribution < 1.29 is 9.84 Å². The Morgan fingerprint density at radius 2 is 2.16 bits per heavy atom. The predicted molar refractivity (Wildman–Crippen MR) is 73.2 cm³/mol. The van der Waals surface area contributed by atoms with Crippen LogP contribution in [0.2, 0.25) is 0 Å². The summed E-state index contributed by atoms with van der Waals surface area (Å²) < 4.78 is 7.62. The molecule has 96 valence electrons. The third-order valence-electron chi connectivity index (χ3n) is 3.16. The lowest BCUT2D eigenvalue weighted by Gasteiger charge is -2.07. The molecule has 0 aliphatic heterocycles. The summed E-state index contributed by atoms with van der Waals surface area (Å²) in [5.74, 6) is 1.02. The first-order valence-electron chi connectivity index (χ1n) is 6.05. The minimum atomic E-state index is 0.285. The van der Waals surface area contributed by atoms with E-state index in [1.165, 1.54) is 0 Å². The zero-order valence-corrected chi connectivity index (χ0v) is 10.6. The van der Waals surface area contributed by atoms with Gasteiger partial charge in [0, 0.05) is 18.6 Å². The van der Waals surface area contributed by atoms with Crippen molar-refractivity contribution in [3.8, 4) is 11.5 Å². The maximum Gasteiger partial charge on any atom is 0.139 e. The van der Waals surface area contributed by atoms with E-state index in [-0.39, 0.29) is 5.75 Å². The molecule has 0 aliphatic rings. The molecule has 1 aromatic carbocycles. The maximum absolute atomic E-state index is 9.88. The van der Waals surface area contributed by atoms with E-state index in [1.807, 2.05) is 41.9 Å². The lowest BCUT2D eigenvalue weighted by molar-refractivity contribution is 0.296. The van der Waals surface area contributed by atoms with E-state index >= 15 is 0 Å². The van der Waals surface area contributed by atoms with Gasteiger partial charge in [0.05, 0.1) is 17.4 Å². The number of benzene rings is 1. The van der Waals surface area contributed by atoms with E-state index in [1.54, 1.807) is 18.5 Å². The number of aromatic hydroxyl groups is 1. The van der Waals surface area contributed by atoms with Gasteiger partial charge in [-0.3, -0.25) is 4.98 Å². The second-order valence-corrected chi connectivity index (χ2v) is 4.39. The number of ether oxygens (including phenoxy) is 1. The van der Waals surface area contributed by atoms with Gasteiger partial charge in [0.25, 0.3) is 0 Å². The Labute approximate surface area is 110 Å². The van der Waals surface area contributed by atoms with Crippen LogP contribution in [-0.2, 0) is 13.7 Å². The van der Waals surface area contributed by atoms with Gasteiger partial charge in [0.2, 0.25) is 0 Å². The van der Waals surface area contributed by atoms with Crippen molar-refractivity contribution in [3.63, 3.8) is 0 Å². The normalized spacial score (nSPS) is 10.8. The molecule has 19 heavy (non-hydrogen) atoms. The van der Waals surface area contributed by atoms with Crippen LogP contribution >= 0.6 is 0 Å². The molecule has 0 unspecified atom stereocenters. The first-order valence-corrected chi connectivity index (χ1v) is 6.05. The summed E-state index contributed by atoms with van der Waals surface area (Å²) >= 11 is 0. The Kier molecular flexibility index (Phi) is 2.83. The molecule has 0 amide bonds. The molecule has 3 rings (SSSR count). The molecule has 2 heterocycles. The molecular formula is C15H14N2O2. The largest absolute Gasteiger partial charge is 0.506 e. The number of pyridine rings is 1. The fourth-order valence-electron chi connectivity index (χ4n) is 2.18. The third-order valence-corrected chi connectivity index (χ3v) is 3.16. The van der Waals surface area contributed by atoms with Gasteiger partial charge in [0.1, 0.15) is 18.1 Å². The number of aryl methyl sites for hydroxylation is 1. The summed E-state index contributed by atoms with van der Waals surface area (Å²) in [7, 11) is 1.92. The van der Waals surface area contributed by atoms with Gasteiger partial charge in [-0.15, -0.1) is 0 Å². The summed E-state index contributed by atoms with van der Waals surface area (Å²) in [5.41, 5.74) is 1.83. The van der Waals surface area contributed by atoms with Crippen molar-refractivity contribution >= 4 is 10.9 Å². The standard InChI is InChI=1S/C15H14N2O2/c1-17-12(10-19-13-5-3-7-16-9-13)8-11-4-2-6-14(18)15(11)17/h2-9,18H,10H2,1H3. The van der Waals surface area contributed by atoms with E-state index in [9.17, 15) is 5.11 Å². The molecule has 0 radical (unpaired) electrons. The van der Waals surface area contributed by atoms with Crippen LogP contribution in [0, 0.1) is 0 Å². The number of fused-ring (bicyclic) bond motifs is 1. The van der Waals surface area contributed by atoms with Gasteiger partial charge in [-0.25, -0.2) is 0 Å². The highest BCUT2D eigenvalue weighted by Crippen LogP contribution is 2.27. The molecule has 4 heteroatoms.